The zero-order chi connectivity index (χ0) is 32.6. The van der Waals surface area contributed by atoms with E-state index >= 15 is 0 Å². The van der Waals surface area contributed by atoms with Gasteiger partial charge in [0.05, 0.1) is 22.9 Å². The Labute approximate surface area is 261 Å². The Morgan fingerprint density at radius 1 is 0.761 bits per heavy atom. The maximum absolute atomic E-state index is 13.8. The second kappa shape index (κ2) is 12.2. The highest BCUT2D eigenvalue weighted by atomic mass is 19.4. The first-order valence-electron chi connectivity index (χ1n) is 14.8. The van der Waals surface area contributed by atoms with Gasteiger partial charge in [0.25, 0.3) is 0 Å². The van der Waals surface area contributed by atoms with Crippen LogP contribution in [0, 0.1) is 6.92 Å². The van der Waals surface area contributed by atoms with Gasteiger partial charge in [-0.05, 0) is 77.2 Å². The van der Waals surface area contributed by atoms with E-state index in [2.05, 4.69) is 6.92 Å². The Morgan fingerprint density at radius 3 is 2.09 bits per heavy atom. The first kappa shape index (κ1) is 30.7. The summed E-state index contributed by atoms with van der Waals surface area (Å²) >= 11 is 0. The minimum absolute atomic E-state index is 0.0139. The summed E-state index contributed by atoms with van der Waals surface area (Å²) in [6.07, 6.45) is -2.50. The van der Waals surface area contributed by atoms with Gasteiger partial charge in [-0.15, -0.1) is 0 Å². The van der Waals surface area contributed by atoms with Crippen LogP contribution >= 0.6 is 0 Å². The molecule has 46 heavy (non-hydrogen) atoms. The monoisotopic (exact) mass is 626 g/mol. The molecule has 0 saturated carbocycles. The van der Waals surface area contributed by atoms with Crippen LogP contribution in [0.25, 0.3) is 44.2 Å². The van der Waals surface area contributed by atoms with E-state index in [1.54, 1.807) is 24.3 Å². The van der Waals surface area contributed by atoms with Crippen LogP contribution in [0.15, 0.2) is 103 Å². The van der Waals surface area contributed by atoms with E-state index in [0.29, 0.717) is 34.1 Å². The molecule has 0 amide bonds. The minimum Gasteiger partial charge on any atom is -0.508 e. The van der Waals surface area contributed by atoms with E-state index < -0.39 is 23.0 Å². The second-order valence-corrected chi connectivity index (χ2v) is 11.1. The number of hydrogen-bond acceptors (Lipinski definition) is 6. The van der Waals surface area contributed by atoms with Gasteiger partial charge in [-0.3, -0.25) is 0 Å². The van der Waals surface area contributed by atoms with E-state index in [9.17, 15) is 27.9 Å². The predicted molar refractivity (Wildman–Crippen MR) is 170 cm³/mol. The van der Waals surface area contributed by atoms with Gasteiger partial charge in [-0.25, -0.2) is 9.59 Å². The molecule has 6 rings (SSSR count). The van der Waals surface area contributed by atoms with Crippen LogP contribution in [0.5, 0.6) is 11.5 Å². The number of rotatable bonds is 8. The van der Waals surface area contributed by atoms with E-state index in [0.717, 1.165) is 29.5 Å². The molecule has 234 valence electrons. The average Bonchev–Trinajstić information content (AvgIpc) is 3.01. The molecule has 0 radical (unpaired) electrons. The van der Waals surface area contributed by atoms with Gasteiger partial charge >= 0.3 is 17.4 Å². The van der Waals surface area contributed by atoms with Crippen LogP contribution in [0.2, 0.25) is 0 Å². The fourth-order valence-electron chi connectivity index (χ4n) is 5.86. The molecular weight excluding hydrogens is 597 g/mol. The SMILES string of the molecule is CCCc1c(CCOc2ccc3cc(-c4cccc(C)c4C(F)(F)F)oc(=O)c3c2)cccc1-c1cc2ccc(O)cc2c(=O)o1. The molecule has 0 bridgehead atoms. The maximum Gasteiger partial charge on any atom is 0.417 e. The molecule has 9 heteroatoms. The number of aromatic hydroxyl groups is 1. The molecular formula is C37H29F3O6. The van der Waals surface area contributed by atoms with Gasteiger partial charge in [0.2, 0.25) is 0 Å². The third-order valence-electron chi connectivity index (χ3n) is 7.98. The molecule has 6 aromatic rings. The van der Waals surface area contributed by atoms with Crippen molar-refractivity contribution in [2.24, 2.45) is 0 Å². The number of ether oxygens (including phenoxy) is 1. The molecule has 0 spiro atoms. The van der Waals surface area contributed by atoms with Crippen molar-refractivity contribution >= 4 is 21.5 Å². The maximum atomic E-state index is 13.8. The van der Waals surface area contributed by atoms with Gasteiger partial charge < -0.3 is 18.7 Å². The molecule has 0 fully saturated rings. The standard InChI is InChI=1S/C37H29F3O6/c1-3-6-27-22(8-5-9-28(27)32-17-23-11-13-25(41)19-30(23)35(42)45-32)15-16-44-26-14-12-24-18-33(46-36(43)31(24)20-26)29-10-4-7-21(2)34(29)37(38,39)40/h4-5,7-14,17-20,41H,3,6,15-16H2,1-2H3. The molecule has 1 N–H and O–H groups in total. The van der Waals surface area contributed by atoms with Crippen LogP contribution in [-0.4, -0.2) is 11.7 Å². The van der Waals surface area contributed by atoms with Gasteiger partial charge in [0.15, 0.2) is 0 Å². The molecule has 2 heterocycles. The number of alkyl halides is 3. The predicted octanol–water partition coefficient (Wildman–Crippen LogP) is 8.84. The summed E-state index contributed by atoms with van der Waals surface area (Å²) in [4.78, 5) is 25.6. The Balaban J connectivity index is 1.25. The number of phenols is 1. The highest BCUT2D eigenvalue weighted by Gasteiger charge is 2.36. The first-order valence-corrected chi connectivity index (χ1v) is 14.8. The Bertz CT molecular complexity index is 2210. The molecule has 2 aromatic heterocycles. The summed E-state index contributed by atoms with van der Waals surface area (Å²) in [6.45, 7) is 3.70. The number of aryl methyl sites for hydroxylation is 1. The Hall–Kier alpha value is -5.31. The molecule has 0 aliphatic heterocycles. The van der Waals surface area contributed by atoms with Crippen molar-refractivity contribution in [3.63, 3.8) is 0 Å². The summed E-state index contributed by atoms with van der Waals surface area (Å²) < 4.78 is 58.5. The molecule has 0 saturated heterocycles. The first-order chi connectivity index (χ1) is 22.0. The van der Waals surface area contributed by atoms with Crippen LogP contribution in [0.1, 0.15) is 35.6 Å². The van der Waals surface area contributed by atoms with Gasteiger partial charge in [0, 0.05) is 17.5 Å². The summed E-state index contributed by atoms with van der Waals surface area (Å²) in [5, 5.41) is 11.3. The third kappa shape index (κ3) is 6.00. The van der Waals surface area contributed by atoms with E-state index in [1.165, 1.54) is 49.4 Å². The molecule has 0 atom stereocenters. The van der Waals surface area contributed by atoms with Crippen molar-refractivity contribution in [2.45, 2.75) is 39.3 Å². The number of fused-ring (bicyclic) bond motifs is 2. The van der Waals surface area contributed by atoms with Crippen molar-refractivity contribution < 1.29 is 31.8 Å². The lowest BCUT2D eigenvalue weighted by molar-refractivity contribution is -0.137. The number of benzene rings is 4. The summed E-state index contributed by atoms with van der Waals surface area (Å²) in [5.74, 6) is 0.671. The topological polar surface area (TPSA) is 89.9 Å². The Kier molecular flexibility index (Phi) is 8.17. The van der Waals surface area contributed by atoms with E-state index in [-0.39, 0.29) is 34.6 Å². The van der Waals surface area contributed by atoms with Crippen molar-refractivity contribution in [1.29, 1.82) is 0 Å². The van der Waals surface area contributed by atoms with Crippen LogP contribution in [-0.2, 0) is 19.0 Å². The van der Waals surface area contributed by atoms with Crippen molar-refractivity contribution in [2.75, 3.05) is 6.61 Å². The molecule has 0 unspecified atom stereocenters. The smallest absolute Gasteiger partial charge is 0.417 e. The fourth-order valence-corrected chi connectivity index (χ4v) is 5.86. The fraction of sp³-hybridized carbons (Fsp3) is 0.189. The normalized spacial score (nSPS) is 11.8. The number of halogens is 3. The van der Waals surface area contributed by atoms with Crippen LogP contribution in [0.3, 0.4) is 0 Å². The molecule has 6 nitrogen and oxygen atoms in total. The van der Waals surface area contributed by atoms with Crippen molar-refractivity contribution in [3.8, 4) is 34.1 Å². The minimum atomic E-state index is -4.61. The lowest BCUT2D eigenvalue weighted by atomic mass is 9.93. The summed E-state index contributed by atoms with van der Waals surface area (Å²) in [6, 6.07) is 22.6. The van der Waals surface area contributed by atoms with Gasteiger partial charge in [-0.2, -0.15) is 13.2 Å². The molecule has 4 aromatic carbocycles. The highest BCUT2D eigenvalue weighted by Crippen LogP contribution is 2.39. The lowest BCUT2D eigenvalue weighted by Gasteiger charge is -2.15. The van der Waals surface area contributed by atoms with E-state index in [1.807, 2.05) is 18.2 Å². The quantitative estimate of drug-likeness (QED) is 0.182. The largest absolute Gasteiger partial charge is 0.508 e. The van der Waals surface area contributed by atoms with Crippen LogP contribution in [0.4, 0.5) is 13.2 Å². The number of hydrogen-bond donors (Lipinski definition) is 1. The van der Waals surface area contributed by atoms with Crippen molar-refractivity contribution in [3.05, 3.63) is 128 Å². The second-order valence-electron chi connectivity index (χ2n) is 11.1. The summed E-state index contributed by atoms with van der Waals surface area (Å²) in [7, 11) is 0. The zero-order valence-corrected chi connectivity index (χ0v) is 25.0. The third-order valence-corrected chi connectivity index (χ3v) is 7.98. The Morgan fingerprint density at radius 2 is 1.39 bits per heavy atom. The summed E-state index contributed by atoms with van der Waals surface area (Å²) in [5.41, 5.74) is 0.531. The lowest BCUT2D eigenvalue weighted by Crippen LogP contribution is -2.10. The zero-order valence-electron chi connectivity index (χ0n) is 25.0. The van der Waals surface area contributed by atoms with Gasteiger partial charge in [-0.1, -0.05) is 61.9 Å². The van der Waals surface area contributed by atoms with Gasteiger partial charge in [0.1, 0.15) is 23.0 Å². The van der Waals surface area contributed by atoms with Crippen molar-refractivity contribution in [1.82, 2.24) is 0 Å². The average molecular weight is 627 g/mol. The molecule has 0 aliphatic rings. The van der Waals surface area contributed by atoms with Crippen LogP contribution < -0.4 is 16.0 Å². The van der Waals surface area contributed by atoms with E-state index in [4.69, 9.17) is 13.6 Å². The highest BCUT2D eigenvalue weighted by molar-refractivity contribution is 5.87. The molecule has 0 aliphatic carbocycles. The number of phenolic OH excluding ortho intramolecular Hbond substituents is 1.